The van der Waals surface area contributed by atoms with E-state index in [1.54, 1.807) is 6.20 Å². The first-order chi connectivity index (χ1) is 14.3. The first-order valence-electron chi connectivity index (χ1n) is 10.6. The molecule has 3 aromatic rings. The van der Waals surface area contributed by atoms with E-state index in [0.717, 1.165) is 43.6 Å². The van der Waals surface area contributed by atoms with Gasteiger partial charge in [0, 0.05) is 24.8 Å². The highest BCUT2D eigenvalue weighted by atomic mass is 15.4. The van der Waals surface area contributed by atoms with Crippen molar-refractivity contribution >= 4 is 17.5 Å². The van der Waals surface area contributed by atoms with Crippen molar-refractivity contribution < 1.29 is 0 Å². The number of hydrogen-bond donors (Lipinski definition) is 0. The number of rotatable bonds is 4. The van der Waals surface area contributed by atoms with E-state index in [1.165, 1.54) is 29.7 Å². The minimum Gasteiger partial charge on any atom is -0.339 e. The molecule has 3 heterocycles. The van der Waals surface area contributed by atoms with Crippen molar-refractivity contribution in [2.45, 2.75) is 38.6 Å². The van der Waals surface area contributed by atoms with Crippen LogP contribution >= 0.6 is 0 Å². The average Bonchev–Trinajstić information content (AvgIpc) is 3.11. The number of fused-ring (bicyclic) bond motifs is 1. The molecule has 0 spiro atoms. The predicted molar refractivity (Wildman–Crippen MR) is 117 cm³/mol. The van der Waals surface area contributed by atoms with Crippen LogP contribution in [0.25, 0.3) is 0 Å². The topological polar surface area (TPSA) is 45.2 Å². The molecule has 5 heteroatoms. The van der Waals surface area contributed by atoms with Crippen LogP contribution in [0.4, 0.5) is 17.5 Å². The van der Waals surface area contributed by atoms with Crippen molar-refractivity contribution in [3.05, 3.63) is 71.9 Å². The quantitative estimate of drug-likeness (QED) is 0.665. The monoisotopic (exact) mass is 385 g/mol. The number of aromatic nitrogens is 3. The number of hydrogen-bond acceptors (Lipinski definition) is 5. The van der Waals surface area contributed by atoms with Gasteiger partial charge in [-0.25, -0.2) is 0 Å². The number of nitrogens with zero attached hydrogens (tertiary/aromatic N) is 5. The molecule has 0 aliphatic carbocycles. The molecule has 29 heavy (non-hydrogen) atoms. The second kappa shape index (κ2) is 7.82. The van der Waals surface area contributed by atoms with Crippen molar-refractivity contribution in [1.82, 2.24) is 15.2 Å². The first kappa shape index (κ1) is 18.1. The third-order valence-corrected chi connectivity index (χ3v) is 6.25. The third-order valence-electron chi connectivity index (χ3n) is 6.25. The van der Waals surface area contributed by atoms with Gasteiger partial charge in [0.25, 0.3) is 0 Å². The van der Waals surface area contributed by atoms with Crippen LogP contribution in [0.2, 0.25) is 0 Å². The van der Waals surface area contributed by atoms with E-state index in [0.29, 0.717) is 6.04 Å². The fourth-order valence-corrected chi connectivity index (χ4v) is 4.74. The Morgan fingerprint density at radius 2 is 1.72 bits per heavy atom. The van der Waals surface area contributed by atoms with Crippen molar-refractivity contribution in [2.24, 2.45) is 5.92 Å². The highest BCUT2D eigenvalue weighted by molar-refractivity contribution is 5.68. The van der Waals surface area contributed by atoms with Gasteiger partial charge in [0.2, 0.25) is 5.95 Å². The largest absolute Gasteiger partial charge is 0.339 e. The standard InChI is InChI=1S/C24H27N5/c1-18-15-21-9-5-6-10-22(21)29(18)23-17-25-27-24(26-23)28-13-11-20(12-14-28)16-19-7-3-2-4-8-19/h2-10,17-18,20H,11-16H2,1H3. The van der Waals surface area contributed by atoms with Gasteiger partial charge >= 0.3 is 0 Å². The second-order valence-electron chi connectivity index (χ2n) is 8.29. The van der Waals surface area contributed by atoms with Gasteiger partial charge in [0.05, 0.1) is 6.20 Å². The third kappa shape index (κ3) is 3.69. The molecule has 148 valence electrons. The molecule has 5 nitrogen and oxygen atoms in total. The molecule has 2 aliphatic rings. The summed E-state index contributed by atoms with van der Waals surface area (Å²) in [6, 6.07) is 19.8. The summed E-state index contributed by atoms with van der Waals surface area (Å²) < 4.78 is 0. The predicted octanol–water partition coefficient (Wildman–Crippen LogP) is 4.41. The van der Waals surface area contributed by atoms with Crippen LogP contribution in [0.3, 0.4) is 0 Å². The molecule has 0 bridgehead atoms. The van der Waals surface area contributed by atoms with Crippen LogP contribution in [-0.4, -0.2) is 34.3 Å². The van der Waals surface area contributed by atoms with Crippen LogP contribution in [0, 0.1) is 5.92 Å². The van der Waals surface area contributed by atoms with Gasteiger partial charge in [-0.15, -0.1) is 5.10 Å². The van der Waals surface area contributed by atoms with Crippen molar-refractivity contribution in [3.8, 4) is 0 Å². The minimum atomic E-state index is 0.383. The van der Waals surface area contributed by atoms with E-state index in [1.807, 2.05) is 0 Å². The van der Waals surface area contributed by atoms with E-state index in [4.69, 9.17) is 4.98 Å². The Balaban J connectivity index is 1.29. The Bertz CT molecular complexity index is 966. The highest BCUT2D eigenvalue weighted by Crippen LogP contribution is 2.37. The van der Waals surface area contributed by atoms with Crippen molar-refractivity contribution in [1.29, 1.82) is 0 Å². The molecule has 2 aliphatic heterocycles. The van der Waals surface area contributed by atoms with Crippen LogP contribution in [0.5, 0.6) is 0 Å². The molecule has 1 aromatic heterocycles. The summed E-state index contributed by atoms with van der Waals surface area (Å²) in [6.07, 6.45) is 6.34. The summed E-state index contributed by atoms with van der Waals surface area (Å²) in [5, 5.41) is 8.67. The van der Waals surface area contributed by atoms with Gasteiger partial charge in [-0.1, -0.05) is 48.5 Å². The number of benzene rings is 2. The minimum absolute atomic E-state index is 0.383. The van der Waals surface area contributed by atoms with E-state index in [2.05, 4.69) is 81.5 Å². The smallest absolute Gasteiger partial charge is 0.247 e. The highest BCUT2D eigenvalue weighted by Gasteiger charge is 2.29. The molecule has 2 aromatic carbocycles. The molecule has 5 rings (SSSR count). The molecular formula is C24H27N5. The van der Waals surface area contributed by atoms with Gasteiger partial charge in [-0.05, 0) is 55.7 Å². The summed E-state index contributed by atoms with van der Waals surface area (Å²) in [7, 11) is 0. The lowest BCUT2D eigenvalue weighted by molar-refractivity contribution is 0.400. The summed E-state index contributed by atoms with van der Waals surface area (Å²) in [5.74, 6) is 2.39. The maximum atomic E-state index is 4.91. The van der Waals surface area contributed by atoms with Crippen molar-refractivity contribution in [3.63, 3.8) is 0 Å². The van der Waals surface area contributed by atoms with E-state index < -0.39 is 0 Å². The van der Waals surface area contributed by atoms with Gasteiger partial charge in [-0.2, -0.15) is 10.1 Å². The number of anilines is 3. The van der Waals surface area contributed by atoms with Gasteiger partial charge in [0.1, 0.15) is 0 Å². The summed E-state index contributed by atoms with van der Waals surface area (Å²) in [5.41, 5.74) is 4.06. The number of para-hydroxylation sites is 1. The normalized spacial score (nSPS) is 19.4. The van der Waals surface area contributed by atoms with Crippen LogP contribution in [-0.2, 0) is 12.8 Å². The van der Waals surface area contributed by atoms with Gasteiger partial charge < -0.3 is 9.80 Å². The molecule has 1 atom stereocenters. The van der Waals surface area contributed by atoms with Crippen LogP contribution < -0.4 is 9.80 Å². The van der Waals surface area contributed by atoms with E-state index >= 15 is 0 Å². The molecule has 1 saturated heterocycles. The molecule has 1 unspecified atom stereocenters. The molecule has 0 N–H and O–H groups in total. The average molecular weight is 386 g/mol. The van der Waals surface area contributed by atoms with E-state index in [9.17, 15) is 0 Å². The summed E-state index contributed by atoms with van der Waals surface area (Å²) >= 11 is 0. The fourth-order valence-electron chi connectivity index (χ4n) is 4.74. The Labute approximate surface area is 172 Å². The molecule has 0 saturated carbocycles. The lowest BCUT2D eigenvalue weighted by atomic mass is 9.90. The molecular weight excluding hydrogens is 358 g/mol. The number of piperidine rings is 1. The SMILES string of the molecule is CC1Cc2ccccc2N1c1cnnc(N2CCC(Cc3ccccc3)CC2)n1. The van der Waals surface area contributed by atoms with Crippen LogP contribution in [0.15, 0.2) is 60.8 Å². The Hall–Kier alpha value is -2.95. The van der Waals surface area contributed by atoms with E-state index in [-0.39, 0.29) is 0 Å². The maximum absolute atomic E-state index is 4.91. The fraction of sp³-hybridized carbons (Fsp3) is 0.375. The molecule has 1 fully saturated rings. The Morgan fingerprint density at radius 1 is 0.966 bits per heavy atom. The summed E-state index contributed by atoms with van der Waals surface area (Å²) in [4.78, 5) is 9.51. The zero-order valence-electron chi connectivity index (χ0n) is 16.9. The lowest BCUT2D eigenvalue weighted by Gasteiger charge is -2.32. The molecule has 0 radical (unpaired) electrons. The Morgan fingerprint density at radius 3 is 2.55 bits per heavy atom. The summed E-state index contributed by atoms with van der Waals surface area (Å²) in [6.45, 7) is 4.24. The van der Waals surface area contributed by atoms with Crippen LogP contribution in [0.1, 0.15) is 30.9 Å². The van der Waals surface area contributed by atoms with Gasteiger partial charge in [0.15, 0.2) is 5.82 Å². The first-order valence-corrected chi connectivity index (χ1v) is 10.6. The second-order valence-corrected chi connectivity index (χ2v) is 8.29. The Kier molecular flexibility index (Phi) is 4.88. The lowest BCUT2D eigenvalue weighted by Crippen LogP contribution is -2.36. The van der Waals surface area contributed by atoms with Gasteiger partial charge in [-0.3, -0.25) is 0 Å². The maximum Gasteiger partial charge on any atom is 0.247 e. The van der Waals surface area contributed by atoms with Crippen molar-refractivity contribution in [2.75, 3.05) is 22.9 Å². The zero-order chi connectivity index (χ0) is 19.6. The zero-order valence-corrected chi connectivity index (χ0v) is 16.9. The molecule has 0 amide bonds.